The summed E-state index contributed by atoms with van der Waals surface area (Å²) >= 11 is 0. The van der Waals surface area contributed by atoms with Gasteiger partial charge in [0.05, 0.1) is 4.90 Å². The van der Waals surface area contributed by atoms with Crippen LogP contribution in [-0.2, 0) is 23.0 Å². The Morgan fingerprint density at radius 3 is 2.19 bits per heavy atom. The van der Waals surface area contributed by atoms with E-state index in [1.54, 1.807) is 12.1 Å². The van der Waals surface area contributed by atoms with E-state index in [0.29, 0.717) is 12.1 Å². The zero-order chi connectivity index (χ0) is 19.4. The molecule has 0 saturated heterocycles. The normalized spacial score (nSPS) is 11.5. The van der Waals surface area contributed by atoms with Crippen LogP contribution in [0.1, 0.15) is 18.1 Å². The van der Waals surface area contributed by atoms with Crippen molar-refractivity contribution in [3.05, 3.63) is 77.9 Å². The van der Waals surface area contributed by atoms with E-state index in [9.17, 15) is 8.42 Å². The third-order valence-electron chi connectivity index (χ3n) is 4.68. The average Bonchev–Trinajstić information content (AvgIpc) is 2.68. The van der Waals surface area contributed by atoms with Crippen LogP contribution in [0.15, 0.2) is 71.6 Å². The maximum atomic E-state index is 12.3. The van der Waals surface area contributed by atoms with E-state index >= 15 is 0 Å². The number of primary sulfonamides is 1. The molecule has 3 aromatic rings. The van der Waals surface area contributed by atoms with E-state index in [1.165, 1.54) is 0 Å². The second kappa shape index (κ2) is 8.05. The number of sulfonamides is 1. The molecule has 0 spiro atoms. The van der Waals surface area contributed by atoms with Gasteiger partial charge in [0.1, 0.15) is 0 Å². The van der Waals surface area contributed by atoms with Crippen LogP contribution in [0.3, 0.4) is 0 Å². The van der Waals surface area contributed by atoms with Crippen molar-refractivity contribution in [2.24, 2.45) is 5.14 Å². The van der Waals surface area contributed by atoms with E-state index < -0.39 is 10.0 Å². The third kappa shape index (κ3) is 3.95. The minimum Gasteiger partial charge on any atom is -0.316 e. The molecule has 27 heavy (non-hydrogen) atoms. The van der Waals surface area contributed by atoms with Crippen LogP contribution in [-0.4, -0.2) is 15.5 Å². The van der Waals surface area contributed by atoms with Crippen LogP contribution in [0.2, 0.25) is 0 Å². The van der Waals surface area contributed by atoms with Gasteiger partial charge < -0.3 is 5.32 Å². The van der Waals surface area contributed by atoms with Gasteiger partial charge in [-0.15, -0.1) is 0 Å². The lowest BCUT2D eigenvalue weighted by molar-refractivity contribution is 0.598. The molecule has 3 rings (SSSR count). The third-order valence-corrected chi connectivity index (χ3v) is 5.65. The van der Waals surface area contributed by atoms with Gasteiger partial charge in [-0.25, -0.2) is 13.6 Å². The van der Waals surface area contributed by atoms with Gasteiger partial charge in [0.2, 0.25) is 10.0 Å². The Bertz CT molecular complexity index is 1050. The number of hydrogen-bond donors (Lipinski definition) is 2. The van der Waals surface area contributed by atoms with Gasteiger partial charge in [-0.3, -0.25) is 0 Å². The zero-order valence-corrected chi connectivity index (χ0v) is 16.4. The Balaban J connectivity index is 2.42. The van der Waals surface area contributed by atoms with Crippen LogP contribution < -0.4 is 10.5 Å². The molecule has 0 aliphatic rings. The topological polar surface area (TPSA) is 72.2 Å². The molecule has 0 aliphatic carbocycles. The van der Waals surface area contributed by atoms with Gasteiger partial charge in [0.25, 0.3) is 0 Å². The first-order valence-electron chi connectivity index (χ1n) is 8.94. The molecular weight excluding hydrogens is 356 g/mol. The fraction of sp³-hybridized carbons (Fsp3) is 0.182. The van der Waals surface area contributed by atoms with Gasteiger partial charge >= 0.3 is 0 Å². The molecule has 0 aliphatic heterocycles. The summed E-state index contributed by atoms with van der Waals surface area (Å²) in [6.45, 7) is 2.80. The fourth-order valence-electron chi connectivity index (χ4n) is 3.54. The average molecular weight is 381 g/mol. The molecular formula is C22H24N2O2S. The highest BCUT2D eigenvalue weighted by molar-refractivity contribution is 7.89. The minimum atomic E-state index is -3.85. The summed E-state index contributed by atoms with van der Waals surface area (Å²) in [7, 11) is -1.94. The quantitative estimate of drug-likeness (QED) is 0.680. The number of nitrogens with one attached hydrogen (secondary N) is 1. The smallest absolute Gasteiger partial charge is 0.238 e. The van der Waals surface area contributed by atoms with Crippen LogP contribution in [0, 0.1) is 0 Å². The van der Waals surface area contributed by atoms with Gasteiger partial charge in [-0.2, -0.15) is 0 Å². The second-order valence-electron chi connectivity index (χ2n) is 6.42. The summed E-state index contributed by atoms with van der Waals surface area (Å²) in [5.74, 6) is 0. The van der Waals surface area contributed by atoms with Crippen molar-refractivity contribution in [3.63, 3.8) is 0 Å². The van der Waals surface area contributed by atoms with Crippen molar-refractivity contribution in [1.82, 2.24) is 5.32 Å². The van der Waals surface area contributed by atoms with E-state index in [4.69, 9.17) is 5.14 Å². The van der Waals surface area contributed by atoms with E-state index in [1.807, 2.05) is 49.5 Å². The summed E-state index contributed by atoms with van der Waals surface area (Å²) in [5.41, 5.74) is 5.90. The fourth-order valence-corrected chi connectivity index (χ4v) is 4.28. The Morgan fingerprint density at radius 1 is 0.889 bits per heavy atom. The molecule has 0 bridgehead atoms. The van der Waals surface area contributed by atoms with Gasteiger partial charge in [-0.1, -0.05) is 67.6 Å². The van der Waals surface area contributed by atoms with Crippen LogP contribution in [0.25, 0.3) is 22.3 Å². The molecule has 0 saturated carbocycles. The van der Waals surface area contributed by atoms with E-state index in [-0.39, 0.29) is 4.90 Å². The molecule has 0 aromatic heterocycles. The lowest BCUT2D eigenvalue weighted by Crippen LogP contribution is -2.14. The van der Waals surface area contributed by atoms with Crippen molar-refractivity contribution in [1.29, 1.82) is 0 Å². The molecule has 0 atom stereocenters. The van der Waals surface area contributed by atoms with Crippen molar-refractivity contribution in [3.8, 4) is 22.3 Å². The molecule has 0 radical (unpaired) electrons. The molecule has 3 N–H and O–H groups in total. The number of nitrogens with two attached hydrogens (primary N) is 1. The monoisotopic (exact) mass is 380 g/mol. The summed E-state index contributed by atoms with van der Waals surface area (Å²) in [6.07, 6.45) is 0.784. The lowest BCUT2D eigenvalue weighted by atomic mass is 9.86. The molecule has 140 valence electrons. The van der Waals surface area contributed by atoms with Crippen LogP contribution in [0.4, 0.5) is 0 Å². The predicted octanol–water partition coefficient (Wildman–Crippen LogP) is 3.95. The van der Waals surface area contributed by atoms with Gasteiger partial charge in [-0.05, 0) is 47.4 Å². The zero-order valence-electron chi connectivity index (χ0n) is 15.6. The number of benzene rings is 3. The number of hydrogen-bond acceptors (Lipinski definition) is 3. The van der Waals surface area contributed by atoms with Crippen molar-refractivity contribution in [2.45, 2.75) is 24.8 Å². The summed E-state index contributed by atoms with van der Waals surface area (Å²) in [6, 6.07) is 21.2. The van der Waals surface area contributed by atoms with Crippen LogP contribution >= 0.6 is 0 Å². The van der Waals surface area contributed by atoms with Crippen molar-refractivity contribution >= 4 is 10.0 Å². The SMILES string of the molecule is CCc1c(CNC)ccc(-c2ccccc2)c1-c1ccccc1S(N)(=O)=O. The van der Waals surface area contributed by atoms with E-state index in [0.717, 1.165) is 34.2 Å². The Morgan fingerprint density at radius 2 is 1.56 bits per heavy atom. The molecule has 3 aromatic carbocycles. The van der Waals surface area contributed by atoms with E-state index in [2.05, 4.69) is 24.4 Å². The number of rotatable bonds is 6. The molecule has 5 heteroatoms. The molecule has 0 fully saturated rings. The first-order valence-corrected chi connectivity index (χ1v) is 10.5. The Labute approximate surface area is 161 Å². The maximum absolute atomic E-state index is 12.3. The predicted molar refractivity (Wildman–Crippen MR) is 111 cm³/mol. The molecule has 0 heterocycles. The maximum Gasteiger partial charge on any atom is 0.238 e. The van der Waals surface area contributed by atoms with Gasteiger partial charge in [0, 0.05) is 12.1 Å². The highest BCUT2D eigenvalue weighted by atomic mass is 32.2. The first kappa shape index (κ1) is 19.3. The molecule has 0 amide bonds. The summed E-state index contributed by atoms with van der Waals surface area (Å²) < 4.78 is 24.5. The van der Waals surface area contributed by atoms with Crippen molar-refractivity contribution in [2.75, 3.05) is 7.05 Å². The van der Waals surface area contributed by atoms with Gasteiger partial charge in [0.15, 0.2) is 0 Å². The Kier molecular flexibility index (Phi) is 5.75. The van der Waals surface area contributed by atoms with Crippen molar-refractivity contribution < 1.29 is 8.42 Å². The largest absolute Gasteiger partial charge is 0.316 e. The van der Waals surface area contributed by atoms with Crippen LogP contribution in [0.5, 0.6) is 0 Å². The highest BCUT2D eigenvalue weighted by Gasteiger charge is 2.21. The summed E-state index contributed by atoms with van der Waals surface area (Å²) in [5, 5.41) is 8.73. The standard InChI is InChI=1S/C22H24N2O2S/c1-3-18-17(15-24-2)13-14-19(16-9-5-4-6-10-16)22(18)20-11-7-8-12-21(20)27(23,25)26/h4-14,24H,3,15H2,1-2H3,(H2,23,25,26). The second-order valence-corrected chi connectivity index (χ2v) is 7.95. The first-order chi connectivity index (χ1) is 13.0. The molecule has 4 nitrogen and oxygen atoms in total. The molecule has 0 unspecified atom stereocenters. The lowest BCUT2D eigenvalue weighted by Gasteiger charge is -2.20. The Hall–Kier alpha value is -2.47. The minimum absolute atomic E-state index is 0.151. The summed E-state index contributed by atoms with van der Waals surface area (Å²) in [4.78, 5) is 0.151. The highest BCUT2D eigenvalue weighted by Crippen LogP contribution is 2.39.